The van der Waals surface area contributed by atoms with Crippen LogP contribution in [0.3, 0.4) is 0 Å². The smallest absolute Gasteiger partial charge is 0.316 e. The quantitative estimate of drug-likeness (QED) is 0.257. The maximum Gasteiger partial charge on any atom is 0.316 e. The molecule has 0 aliphatic rings. The van der Waals surface area contributed by atoms with E-state index in [1.165, 1.54) is 11.8 Å². The number of ether oxygens (including phenoxy) is 1. The molecular weight excluding hydrogens is 448 g/mol. The number of carbonyl (C=O) groups is 3. The fourth-order valence-corrected chi connectivity index (χ4v) is 3.65. The molecule has 0 fully saturated rings. The number of rotatable bonds is 9. The first kappa shape index (κ1) is 24.8. The number of benzene rings is 3. The standard InChI is InChI=1S/C27H26N2O4S/c1-3-33-25(30)18-34-23-15-13-22(14-16-23)28-27(32)24(17-20-11-9-19(2)10-12-20)29-26(31)21-7-5-4-6-8-21/h4-17H,3,18H2,1-2H3,(H,28,32)(H,29,31)/b24-17-. The summed E-state index contributed by atoms with van der Waals surface area (Å²) in [5.74, 6) is -0.879. The van der Waals surface area contributed by atoms with E-state index in [0.29, 0.717) is 17.9 Å². The summed E-state index contributed by atoms with van der Waals surface area (Å²) >= 11 is 1.36. The molecule has 3 aromatic rings. The maximum atomic E-state index is 13.1. The van der Waals surface area contributed by atoms with Crippen molar-refractivity contribution in [1.29, 1.82) is 0 Å². The van der Waals surface area contributed by atoms with Gasteiger partial charge < -0.3 is 15.4 Å². The minimum absolute atomic E-state index is 0.124. The van der Waals surface area contributed by atoms with Crippen LogP contribution in [0, 0.1) is 6.92 Å². The van der Waals surface area contributed by atoms with Gasteiger partial charge in [0, 0.05) is 16.1 Å². The molecule has 3 rings (SSSR count). The minimum atomic E-state index is -0.447. The van der Waals surface area contributed by atoms with Crippen LogP contribution in [0.5, 0.6) is 0 Å². The van der Waals surface area contributed by atoms with Crippen molar-refractivity contribution in [3.05, 3.63) is 101 Å². The molecule has 34 heavy (non-hydrogen) atoms. The Labute approximate surface area is 203 Å². The van der Waals surface area contributed by atoms with Gasteiger partial charge in [-0.15, -0.1) is 11.8 Å². The van der Waals surface area contributed by atoms with Crippen molar-refractivity contribution < 1.29 is 19.1 Å². The molecule has 0 aliphatic heterocycles. The van der Waals surface area contributed by atoms with Crippen molar-refractivity contribution in [2.24, 2.45) is 0 Å². The zero-order chi connectivity index (χ0) is 24.3. The number of aryl methyl sites for hydroxylation is 1. The largest absolute Gasteiger partial charge is 0.465 e. The number of carbonyl (C=O) groups excluding carboxylic acids is 3. The van der Waals surface area contributed by atoms with Gasteiger partial charge in [-0.3, -0.25) is 14.4 Å². The summed E-state index contributed by atoms with van der Waals surface area (Å²) in [5, 5.41) is 5.55. The van der Waals surface area contributed by atoms with Crippen molar-refractivity contribution in [3.8, 4) is 0 Å². The summed E-state index contributed by atoms with van der Waals surface area (Å²) in [6, 6.07) is 23.5. The average Bonchev–Trinajstić information content (AvgIpc) is 2.85. The van der Waals surface area contributed by atoms with E-state index in [0.717, 1.165) is 16.0 Å². The summed E-state index contributed by atoms with van der Waals surface area (Å²) < 4.78 is 4.93. The molecule has 0 spiro atoms. The van der Waals surface area contributed by atoms with E-state index in [-0.39, 0.29) is 23.3 Å². The Hall–Kier alpha value is -3.84. The summed E-state index contributed by atoms with van der Waals surface area (Å²) in [5.41, 5.74) is 3.02. The van der Waals surface area contributed by atoms with Gasteiger partial charge in [-0.2, -0.15) is 0 Å². The van der Waals surface area contributed by atoms with Crippen LogP contribution in [0.2, 0.25) is 0 Å². The van der Waals surface area contributed by atoms with E-state index in [2.05, 4.69) is 10.6 Å². The Balaban J connectivity index is 1.73. The lowest BCUT2D eigenvalue weighted by Crippen LogP contribution is -2.30. The fraction of sp³-hybridized carbons (Fsp3) is 0.148. The van der Waals surface area contributed by atoms with E-state index < -0.39 is 5.91 Å². The molecule has 0 unspecified atom stereocenters. The molecule has 0 saturated carbocycles. The summed E-state index contributed by atoms with van der Waals surface area (Å²) in [4.78, 5) is 38.2. The van der Waals surface area contributed by atoms with Gasteiger partial charge in [0.25, 0.3) is 11.8 Å². The number of amides is 2. The summed E-state index contributed by atoms with van der Waals surface area (Å²) in [6.45, 7) is 4.10. The van der Waals surface area contributed by atoms with Crippen molar-refractivity contribution in [1.82, 2.24) is 5.32 Å². The Morgan fingerprint density at radius 2 is 1.59 bits per heavy atom. The average molecular weight is 475 g/mol. The lowest BCUT2D eigenvalue weighted by atomic mass is 10.1. The molecule has 2 amide bonds. The highest BCUT2D eigenvalue weighted by Crippen LogP contribution is 2.21. The first-order valence-electron chi connectivity index (χ1n) is 10.8. The molecule has 2 N–H and O–H groups in total. The molecule has 0 saturated heterocycles. The molecule has 0 aliphatic carbocycles. The predicted molar refractivity (Wildman–Crippen MR) is 135 cm³/mol. The number of thioether (sulfide) groups is 1. The first-order chi connectivity index (χ1) is 16.4. The third-order valence-corrected chi connectivity index (χ3v) is 5.68. The second-order valence-corrected chi connectivity index (χ2v) is 8.41. The number of hydrogen-bond acceptors (Lipinski definition) is 5. The molecular formula is C27H26N2O4S. The van der Waals surface area contributed by atoms with Gasteiger partial charge in [-0.05, 0) is 61.9 Å². The number of esters is 1. The Kier molecular flexibility index (Phi) is 9.05. The van der Waals surface area contributed by atoms with Crippen molar-refractivity contribution in [2.45, 2.75) is 18.7 Å². The lowest BCUT2D eigenvalue weighted by molar-refractivity contribution is -0.139. The molecule has 0 radical (unpaired) electrons. The van der Waals surface area contributed by atoms with Crippen LogP contribution >= 0.6 is 11.8 Å². The first-order valence-corrected chi connectivity index (χ1v) is 11.8. The molecule has 0 bridgehead atoms. The Morgan fingerprint density at radius 3 is 2.24 bits per heavy atom. The van der Waals surface area contributed by atoms with Gasteiger partial charge in [0.05, 0.1) is 12.4 Å². The van der Waals surface area contributed by atoms with E-state index >= 15 is 0 Å². The van der Waals surface area contributed by atoms with Crippen LogP contribution in [-0.4, -0.2) is 30.1 Å². The van der Waals surface area contributed by atoms with Crippen molar-refractivity contribution in [2.75, 3.05) is 17.7 Å². The lowest BCUT2D eigenvalue weighted by Gasteiger charge is -2.12. The van der Waals surface area contributed by atoms with Gasteiger partial charge in [0.2, 0.25) is 0 Å². The van der Waals surface area contributed by atoms with E-state index in [1.54, 1.807) is 49.4 Å². The SMILES string of the molecule is CCOC(=O)CSc1ccc(NC(=O)/C(=C/c2ccc(C)cc2)NC(=O)c2ccccc2)cc1. The second-order valence-electron chi connectivity index (χ2n) is 7.36. The Bertz CT molecular complexity index is 1160. The minimum Gasteiger partial charge on any atom is -0.465 e. The molecule has 3 aromatic carbocycles. The van der Waals surface area contributed by atoms with E-state index in [1.807, 2.05) is 49.4 Å². The van der Waals surface area contributed by atoms with E-state index in [9.17, 15) is 14.4 Å². The van der Waals surface area contributed by atoms with Crippen molar-refractivity contribution in [3.63, 3.8) is 0 Å². The Morgan fingerprint density at radius 1 is 0.912 bits per heavy atom. The second kappa shape index (κ2) is 12.4. The van der Waals surface area contributed by atoms with Gasteiger partial charge in [-0.1, -0.05) is 48.0 Å². The summed E-state index contributed by atoms with van der Waals surface area (Å²) in [7, 11) is 0. The van der Waals surface area contributed by atoms with Crippen LogP contribution in [0.4, 0.5) is 5.69 Å². The van der Waals surface area contributed by atoms with Gasteiger partial charge in [0.1, 0.15) is 5.70 Å². The fourth-order valence-electron chi connectivity index (χ4n) is 2.95. The highest BCUT2D eigenvalue weighted by Gasteiger charge is 2.15. The summed E-state index contributed by atoms with van der Waals surface area (Å²) in [6.07, 6.45) is 1.64. The number of nitrogens with one attached hydrogen (secondary N) is 2. The highest BCUT2D eigenvalue weighted by molar-refractivity contribution is 8.00. The zero-order valence-corrected chi connectivity index (χ0v) is 19.9. The van der Waals surface area contributed by atoms with Crippen molar-refractivity contribution >= 4 is 41.3 Å². The molecule has 174 valence electrons. The molecule has 6 nitrogen and oxygen atoms in total. The van der Waals surface area contributed by atoms with Crippen LogP contribution < -0.4 is 10.6 Å². The third kappa shape index (κ3) is 7.64. The molecule has 0 aromatic heterocycles. The van der Waals surface area contributed by atoms with Gasteiger partial charge in [0.15, 0.2) is 0 Å². The monoisotopic (exact) mass is 474 g/mol. The zero-order valence-electron chi connectivity index (χ0n) is 19.0. The maximum absolute atomic E-state index is 13.1. The third-order valence-electron chi connectivity index (χ3n) is 4.69. The van der Waals surface area contributed by atoms with Crippen LogP contribution in [-0.2, 0) is 14.3 Å². The van der Waals surface area contributed by atoms with Crippen LogP contribution in [0.15, 0.2) is 89.5 Å². The molecule has 0 atom stereocenters. The predicted octanol–water partition coefficient (Wildman–Crippen LogP) is 5.06. The van der Waals surface area contributed by atoms with Gasteiger partial charge >= 0.3 is 5.97 Å². The van der Waals surface area contributed by atoms with Crippen LogP contribution in [0.1, 0.15) is 28.4 Å². The van der Waals surface area contributed by atoms with Gasteiger partial charge in [-0.25, -0.2) is 0 Å². The van der Waals surface area contributed by atoms with E-state index in [4.69, 9.17) is 4.74 Å². The topological polar surface area (TPSA) is 84.5 Å². The number of anilines is 1. The molecule has 7 heteroatoms. The number of hydrogen-bond donors (Lipinski definition) is 2. The molecule has 0 heterocycles. The normalized spacial score (nSPS) is 10.9. The highest BCUT2D eigenvalue weighted by atomic mass is 32.2. The van der Waals surface area contributed by atoms with Crippen LogP contribution in [0.25, 0.3) is 6.08 Å².